The van der Waals surface area contributed by atoms with Crippen molar-refractivity contribution in [3.63, 3.8) is 0 Å². The molecule has 0 atom stereocenters. The molecule has 10 heteroatoms. The number of nitrogens with two attached hydrogens (primary N) is 1. The highest BCUT2D eigenvalue weighted by atomic mass is 79.9. The zero-order valence-electron chi connectivity index (χ0n) is 22.3. The minimum atomic E-state index is -0.365. The van der Waals surface area contributed by atoms with Crippen LogP contribution in [0.4, 0.5) is 17.1 Å². The number of rotatable bonds is 11. The highest BCUT2D eigenvalue weighted by molar-refractivity contribution is 9.10. The van der Waals surface area contributed by atoms with Gasteiger partial charge in [-0.15, -0.1) is 0 Å². The first-order valence-corrected chi connectivity index (χ1v) is 13.9. The van der Waals surface area contributed by atoms with Gasteiger partial charge in [0.25, 0.3) is 0 Å². The first kappa shape index (κ1) is 32.4. The summed E-state index contributed by atoms with van der Waals surface area (Å²) in [5.41, 5.74) is 9.72. The number of carbonyl (C=O) groups is 2. The van der Waals surface area contributed by atoms with E-state index in [1.165, 1.54) is 6.92 Å². The molecule has 3 N–H and O–H groups in total. The number of nitrogens with zero attached hydrogens (tertiary/aromatic N) is 1. The second kappa shape index (κ2) is 17.0. The summed E-state index contributed by atoms with van der Waals surface area (Å²) < 4.78 is 10.8. The van der Waals surface area contributed by atoms with Gasteiger partial charge in [0, 0.05) is 23.6 Å². The van der Waals surface area contributed by atoms with Gasteiger partial charge in [0.1, 0.15) is 0 Å². The normalized spacial score (nSPS) is 10.4. The van der Waals surface area contributed by atoms with Crippen molar-refractivity contribution in [3.8, 4) is 0 Å². The molecule has 210 valence electrons. The summed E-state index contributed by atoms with van der Waals surface area (Å²) in [6, 6.07) is 18.7. The zero-order chi connectivity index (χ0) is 28.8. The van der Waals surface area contributed by atoms with E-state index in [2.05, 4.69) is 21.2 Å². The summed E-state index contributed by atoms with van der Waals surface area (Å²) in [6.07, 6.45) is 2.32. The highest BCUT2D eigenvalue weighted by Crippen LogP contribution is 2.32. The summed E-state index contributed by atoms with van der Waals surface area (Å²) in [4.78, 5) is 24.8. The van der Waals surface area contributed by atoms with Crippen molar-refractivity contribution in [1.29, 1.82) is 0 Å². The Morgan fingerprint density at radius 1 is 0.923 bits per heavy atom. The van der Waals surface area contributed by atoms with Crippen LogP contribution in [-0.2, 0) is 20.8 Å². The maximum absolute atomic E-state index is 12.2. The fraction of sp³-hybridized carbons (Fsp3) is 0.310. The monoisotopic (exact) mass is 637 g/mol. The molecule has 0 amide bonds. The first-order chi connectivity index (χ1) is 18.6. The van der Waals surface area contributed by atoms with Gasteiger partial charge in [0.15, 0.2) is 0 Å². The number of hydrogen-bond donors (Lipinski definition) is 2. The Hall–Kier alpha value is -2.78. The van der Waals surface area contributed by atoms with E-state index in [0.29, 0.717) is 45.5 Å². The van der Waals surface area contributed by atoms with Crippen molar-refractivity contribution in [2.45, 2.75) is 32.7 Å². The van der Waals surface area contributed by atoms with Crippen LogP contribution in [0.25, 0.3) is 0 Å². The molecule has 0 aromatic heterocycles. The Bertz CT molecular complexity index is 1210. The van der Waals surface area contributed by atoms with Gasteiger partial charge >= 0.3 is 11.9 Å². The maximum Gasteiger partial charge on any atom is 0.338 e. The smallest absolute Gasteiger partial charge is 0.338 e. The van der Waals surface area contributed by atoms with Crippen LogP contribution in [-0.4, -0.2) is 44.1 Å². The van der Waals surface area contributed by atoms with E-state index >= 15 is 0 Å². The molecule has 0 heterocycles. The summed E-state index contributed by atoms with van der Waals surface area (Å²) in [7, 11) is 3.88. The summed E-state index contributed by atoms with van der Waals surface area (Å²) >= 11 is 15.4. The molecule has 0 spiro atoms. The van der Waals surface area contributed by atoms with E-state index in [1.54, 1.807) is 24.3 Å². The third kappa shape index (κ3) is 11.9. The number of carbonyl (C=O) groups excluding carboxylic acids is 2. The van der Waals surface area contributed by atoms with E-state index in [4.69, 9.17) is 38.4 Å². The van der Waals surface area contributed by atoms with Gasteiger partial charge in [-0.1, -0.05) is 47.5 Å². The molecule has 0 saturated carbocycles. The van der Waals surface area contributed by atoms with Gasteiger partial charge in [0.2, 0.25) is 0 Å². The van der Waals surface area contributed by atoms with Crippen molar-refractivity contribution in [2.75, 3.05) is 38.4 Å². The van der Waals surface area contributed by atoms with Crippen LogP contribution in [0.3, 0.4) is 0 Å². The number of para-hydroxylation sites is 2. The minimum Gasteiger partial charge on any atom is -0.466 e. The molecular formula is C29H34BrCl2N3O4. The fourth-order valence-electron chi connectivity index (χ4n) is 3.39. The molecule has 0 fully saturated rings. The lowest BCUT2D eigenvalue weighted by Crippen LogP contribution is -2.14. The molecule has 3 rings (SSSR count). The topological polar surface area (TPSA) is 93.9 Å². The number of unbranched alkanes of at least 4 members (excludes halogenated alkanes) is 2. The maximum atomic E-state index is 12.2. The van der Waals surface area contributed by atoms with Crippen LogP contribution in [0.2, 0.25) is 10.0 Å². The van der Waals surface area contributed by atoms with Crippen LogP contribution in [0.1, 0.15) is 42.1 Å². The van der Waals surface area contributed by atoms with Gasteiger partial charge in [-0.3, -0.25) is 4.79 Å². The predicted molar refractivity (Wildman–Crippen MR) is 163 cm³/mol. The molecule has 0 bridgehead atoms. The zero-order valence-corrected chi connectivity index (χ0v) is 25.4. The first-order valence-electron chi connectivity index (χ1n) is 12.4. The second-order valence-corrected chi connectivity index (χ2v) is 10.6. The number of esters is 2. The third-order valence-corrected chi connectivity index (χ3v) is 6.56. The Morgan fingerprint density at radius 2 is 1.54 bits per heavy atom. The quantitative estimate of drug-likeness (QED) is 0.126. The van der Waals surface area contributed by atoms with Crippen molar-refractivity contribution in [1.82, 2.24) is 4.90 Å². The van der Waals surface area contributed by atoms with Gasteiger partial charge in [-0.05, 0) is 91.2 Å². The standard InChI is InChI=1S/C17H25BrN2O4.C12H9Cl2N/c1-12(21)23-7-5-4-6-8-24-17(22)13-9-14(11-20(2)3)16(19)15(18)10-13;13-10-7-4-8-11(14)12(10)15-9-5-2-1-3-6-9/h9-10H,4-8,11,19H2,1-3H3;1-8,15H. The molecule has 0 saturated heterocycles. The van der Waals surface area contributed by atoms with Crippen molar-refractivity contribution >= 4 is 68.1 Å². The number of benzene rings is 3. The number of nitrogen functional groups attached to an aromatic ring is 1. The highest BCUT2D eigenvalue weighted by Gasteiger charge is 2.13. The average Bonchev–Trinajstić information content (AvgIpc) is 2.88. The Kier molecular flexibility index (Phi) is 14.2. The molecule has 0 aliphatic heterocycles. The second-order valence-electron chi connectivity index (χ2n) is 8.89. The van der Waals surface area contributed by atoms with Crippen LogP contribution < -0.4 is 11.1 Å². The van der Waals surface area contributed by atoms with Gasteiger partial charge in [0.05, 0.1) is 40.2 Å². The molecule has 0 aliphatic rings. The molecule has 39 heavy (non-hydrogen) atoms. The molecule has 0 radical (unpaired) electrons. The summed E-state index contributed by atoms with van der Waals surface area (Å²) in [5.74, 6) is -0.639. The van der Waals surface area contributed by atoms with Crippen molar-refractivity contribution in [3.05, 3.63) is 86.3 Å². The lowest BCUT2D eigenvalue weighted by molar-refractivity contribution is -0.141. The Labute approximate surface area is 248 Å². The molecular weight excluding hydrogens is 605 g/mol. The lowest BCUT2D eigenvalue weighted by Gasteiger charge is -2.14. The Balaban J connectivity index is 0.000000302. The third-order valence-electron chi connectivity index (χ3n) is 5.27. The predicted octanol–water partition coefficient (Wildman–Crippen LogP) is 7.72. The van der Waals surface area contributed by atoms with E-state index in [1.807, 2.05) is 55.4 Å². The van der Waals surface area contributed by atoms with E-state index in [0.717, 1.165) is 36.2 Å². The molecule has 0 aliphatic carbocycles. The number of anilines is 3. The number of hydrogen-bond acceptors (Lipinski definition) is 7. The number of nitrogens with one attached hydrogen (secondary N) is 1. The average molecular weight is 639 g/mol. The minimum absolute atomic E-state index is 0.274. The van der Waals surface area contributed by atoms with Crippen LogP contribution in [0, 0.1) is 0 Å². The van der Waals surface area contributed by atoms with Gasteiger partial charge < -0.3 is 25.4 Å². The van der Waals surface area contributed by atoms with Crippen LogP contribution in [0.15, 0.2) is 65.1 Å². The van der Waals surface area contributed by atoms with Crippen molar-refractivity contribution < 1.29 is 19.1 Å². The molecule has 7 nitrogen and oxygen atoms in total. The van der Waals surface area contributed by atoms with Crippen LogP contribution >= 0.6 is 39.1 Å². The number of halogens is 3. The molecule has 3 aromatic carbocycles. The van der Waals surface area contributed by atoms with Crippen LogP contribution in [0.5, 0.6) is 0 Å². The SMILES string of the molecule is CC(=O)OCCCCCOC(=O)c1cc(Br)c(N)c(CN(C)C)c1.Clc1cccc(Cl)c1Nc1ccccc1. The Morgan fingerprint density at radius 3 is 2.13 bits per heavy atom. The largest absolute Gasteiger partial charge is 0.466 e. The fourth-order valence-corrected chi connectivity index (χ4v) is 4.39. The van der Waals surface area contributed by atoms with E-state index in [9.17, 15) is 9.59 Å². The number of ether oxygens (including phenoxy) is 2. The lowest BCUT2D eigenvalue weighted by atomic mass is 10.1. The van der Waals surface area contributed by atoms with E-state index < -0.39 is 0 Å². The molecule has 0 unspecified atom stereocenters. The summed E-state index contributed by atoms with van der Waals surface area (Å²) in [5, 5.41) is 4.41. The van der Waals surface area contributed by atoms with Gasteiger partial charge in [-0.25, -0.2) is 4.79 Å². The summed E-state index contributed by atoms with van der Waals surface area (Å²) in [6.45, 7) is 2.77. The van der Waals surface area contributed by atoms with Gasteiger partial charge in [-0.2, -0.15) is 0 Å². The van der Waals surface area contributed by atoms with Crippen molar-refractivity contribution in [2.24, 2.45) is 0 Å². The molecule has 3 aromatic rings. The van der Waals surface area contributed by atoms with E-state index in [-0.39, 0.29) is 11.9 Å².